The third-order valence-electron chi connectivity index (χ3n) is 1.11. The van der Waals surface area contributed by atoms with Gasteiger partial charge in [0.15, 0.2) is 0 Å². The summed E-state index contributed by atoms with van der Waals surface area (Å²) in [7, 11) is 2.58. The topological polar surface area (TPSA) is 27.7 Å². The molecule has 0 aromatic carbocycles. The van der Waals surface area contributed by atoms with Crippen LogP contribution < -0.4 is 0 Å². The van der Waals surface area contributed by atoms with Gasteiger partial charge in [-0.25, -0.2) is 0 Å². The molecule has 0 spiro atoms. The number of rotatable bonds is 3. The van der Waals surface area contributed by atoms with Crippen molar-refractivity contribution in [2.45, 2.75) is 0 Å². The van der Waals surface area contributed by atoms with Crippen LogP contribution in [0.1, 0.15) is 0 Å². The molecule has 0 N–H and O–H groups in total. The summed E-state index contributed by atoms with van der Waals surface area (Å²) in [6.45, 7) is 0. The van der Waals surface area contributed by atoms with E-state index in [2.05, 4.69) is 0 Å². The van der Waals surface area contributed by atoms with Gasteiger partial charge in [0.1, 0.15) is 0 Å². The Morgan fingerprint density at radius 2 is 1.25 bits per heavy atom. The Kier molecular flexibility index (Phi) is 3.99. The Labute approximate surface area is 59.2 Å². The fourth-order valence-electron chi connectivity index (χ4n) is 0.250. The molecular formula is C3H9LiO3Si. The van der Waals surface area contributed by atoms with Gasteiger partial charge in [-0.1, -0.05) is 0 Å². The van der Waals surface area contributed by atoms with Crippen molar-refractivity contribution in [3.8, 4) is 0 Å². The van der Waals surface area contributed by atoms with Crippen molar-refractivity contribution in [2.24, 2.45) is 0 Å². The van der Waals surface area contributed by atoms with Crippen LogP contribution in [-0.2, 0) is 13.3 Å². The molecule has 0 fully saturated rings. The molecule has 44 valence electrons. The van der Waals surface area contributed by atoms with Crippen molar-refractivity contribution in [1.82, 2.24) is 0 Å². The zero-order valence-corrected chi connectivity index (χ0v) is 6.72. The molecule has 0 aromatic rings. The first-order valence-electron chi connectivity index (χ1n) is 2.34. The molecular weight excluding hydrogens is 119 g/mol. The molecule has 0 atom stereocenters. The second-order valence-corrected chi connectivity index (χ2v) is 4.42. The zero-order chi connectivity index (χ0) is 6.62. The van der Waals surface area contributed by atoms with Crippen LogP contribution in [0.2, 0.25) is 0 Å². The number of hydrogen-bond acceptors (Lipinski definition) is 3. The number of hydrogen-bond donors (Lipinski definition) is 0. The average Bonchev–Trinajstić information content (AvgIpc) is 1.87. The van der Waals surface area contributed by atoms with Gasteiger partial charge in [0.25, 0.3) is 0 Å². The van der Waals surface area contributed by atoms with Crippen molar-refractivity contribution < 1.29 is 13.3 Å². The summed E-state index contributed by atoms with van der Waals surface area (Å²) in [5, 5.41) is 0. The maximum atomic E-state index is 4.93. The van der Waals surface area contributed by atoms with Gasteiger partial charge in [-0.15, -0.1) is 0 Å². The van der Waals surface area contributed by atoms with Gasteiger partial charge >= 0.3 is 58.8 Å². The van der Waals surface area contributed by atoms with Crippen LogP contribution in [0.15, 0.2) is 0 Å². The Bertz CT molecular complexity index is 57.3. The second kappa shape index (κ2) is 3.67. The molecule has 0 saturated heterocycles. The predicted octanol–water partition coefficient (Wildman–Crippen LogP) is -0.470. The third-order valence-corrected chi connectivity index (χ3v) is 3.34. The van der Waals surface area contributed by atoms with Gasteiger partial charge < -0.3 is 0 Å². The van der Waals surface area contributed by atoms with Gasteiger partial charge in [0.05, 0.1) is 0 Å². The molecule has 0 aliphatic carbocycles. The van der Waals surface area contributed by atoms with E-state index in [1.165, 1.54) is 0 Å². The third kappa shape index (κ3) is 2.31. The van der Waals surface area contributed by atoms with Crippen LogP contribution in [-0.4, -0.2) is 45.5 Å². The standard InChI is InChI=1S/C3H9O3Si.Li/c1-4-7(5-2)6-3;/h1-3H3;. The average molecular weight is 128 g/mol. The normalized spacial score (nSPS) is 12.1. The van der Waals surface area contributed by atoms with Crippen molar-refractivity contribution in [3.63, 3.8) is 0 Å². The summed E-state index contributed by atoms with van der Waals surface area (Å²) in [5.74, 6) is 0. The molecule has 0 rings (SSSR count). The van der Waals surface area contributed by atoms with Crippen molar-refractivity contribution in [1.29, 1.82) is 0 Å². The summed E-state index contributed by atoms with van der Waals surface area (Å²) in [6.07, 6.45) is 0. The van der Waals surface area contributed by atoms with E-state index in [9.17, 15) is 0 Å². The molecule has 0 unspecified atom stereocenters. The first-order valence-corrected chi connectivity index (χ1v) is 4.56. The van der Waals surface area contributed by atoms with Gasteiger partial charge in [-0.3, -0.25) is 0 Å². The monoisotopic (exact) mass is 128 g/mol. The molecule has 0 aliphatic rings. The van der Waals surface area contributed by atoms with Gasteiger partial charge in [-0.2, -0.15) is 0 Å². The Morgan fingerprint density at radius 3 is 1.25 bits per heavy atom. The van der Waals surface area contributed by atoms with Gasteiger partial charge in [0, 0.05) is 0 Å². The summed E-state index contributed by atoms with van der Waals surface area (Å²) in [6, 6.07) is 0. The van der Waals surface area contributed by atoms with Crippen molar-refractivity contribution in [3.05, 3.63) is 0 Å². The van der Waals surface area contributed by atoms with Crippen LogP contribution in [0, 0.1) is 0 Å². The Balaban J connectivity index is 3.58. The van der Waals surface area contributed by atoms with E-state index >= 15 is 0 Å². The fourth-order valence-corrected chi connectivity index (χ4v) is 0.750. The summed E-state index contributed by atoms with van der Waals surface area (Å²) < 4.78 is 14.8. The van der Waals surface area contributed by atoms with Crippen molar-refractivity contribution in [2.75, 3.05) is 21.3 Å². The van der Waals surface area contributed by atoms with Gasteiger partial charge in [0.2, 0.25) is 0 Å². The molecule has 0 saturated carbocycles. The van der Waals surface area contributed by atoms with Crippen LogP contribution in [0.5, 0.6) is 0 Å². The minimum absolute atomic E-state index is 1.58. The molecule has 0 radical (unpaired) electrons. The predicted molar refractivity (Wildman–Crippen MR) is 32.5 cm³/mol. The van der Waals surface area contributed by atoms with Crippen LogP contribution in [0.4, 0.5) is 0 Å². The second-order valence-electron chi connectivity index (χ2n) is 1.47. The quantitative estimate of drug-likeness (QED) is 0.481. The SMILES string of the molecule is [Li][Si](OC)(OC)OC. The molecule has 0 bridgehead atoms. The van der Waals surface area contributed by atoms with E-state index in [1.807, 2.05) is 17.0 Å². The zero-order valence-electron chi connectivity index (χ0n) is 5.72. The van der Waals surface area contributed by atoms with E-state index in [4.69, 9.17) is 13.3 Å². The summed E-state index contributed by atoms with van der Waals surface area (Å²) in [4.78, 5) is 0. The van der Waals surface area contributed by atoms with Crippen LogP contribution >= 0.6 is 0 Å². The van der Waals surface area contributed by atoms with E-state index in [0.29, 0.717) is 0 Å². The van der Waals surface area contributed by atoms with E-state index in [0.717, 1.165) is 0 Å². The molecule has 0 aliphatic heterocycles. The molecule has 3 nitrogen and oxygen atoms in total. The molecule has 5 heteroatoms. The fraction of sp³-hybridized carbons (Fsp3) is 1.00. The minimum atomic E-state index is -2.17. The first-order chi connectivity index (χ1) is 3.68. The first kappa shape index (κ1) is 8.69. The van der Waals surface area contributed by atoms with Crippen LogP contribution in [0.3, 0.4) is 0 Å². The Morgan fingerprint density at radius 1 is 1.00 bits per heavy atom. The van der Waals surface area contributed by atoms with Gasteiger partial charge in [-0.05, 0) is 0 Å². The van der Waals surface area contributed by atoms with Crippen molar-refractivity contribution >= 4 is 24.2 Å². The van der Waals surface area contributed by atoms with E-state index in [1.54, 1.807) is 21.3 Å². The molecule has 8 heavy (non-hydrogen) atoms. The maximum absolute atomic E-state index is 4.93. The van der Waals surface area contributed by atoms with E-state index in [-0.39, 0.29) is 0 Å². The summed E-state index contributed by atoms with van der Waals surface area (Å²) in [5.41, 5.74) is 0. The molecule has 0 aromatic heterocycles. The summed E-state index contributed by atoms with van der Waals surface area (Å²) >= 11 is 1.83. The van der Waals surface area contributed by atoms with E-state index < -0.39 is 7.13 Å². The Hall–Kier alpha value is 0.694. The molecule has 0 heterocycles. The van der Waals surface area contributed by atoms with Crippen LogP contribution in [0.25, 0.3) is 0 Å². The molecule has 0 amide bonds.